The lowest BCUT2D eigenvalue weighted by Gasteiger charge is -2.26. The maximum Gasteiger partial charge on any atom is 0.243 e. The van der Waals surface area contributed by atoms with Gasteiger partial charge >= 0.3 is 0 Å². The molecule has 104 valence electrons. The Hall–Kier alpha value is -1.43. The van der Waals surface area contributed by atoms with Crippen molar-refractivity contribution in [2.45, 2.75) is 31.7 Å². The molecule has 6 heteroatoms. The fourth-order valence-corrected chi connectivity index (χ4v) is 3.59. The Morgan fingerprint density at radius 1 is 1.58 bits per heavy atom. The average Bonchev–Trinajstić information content (AvgIpc) is 3.02. The number of hydrogen-bond acceptors (Lipinski definition) is 4. The van der Waals surface area contributed by atoms with E-state index in [9.17, 15) is 9.59 Å². The molecule has 1 aromatic heterocycles. The molecule has 2 heterocycles. The number of carbonyl (C=O) groups is 2. The van der Waals surface area contributed by atoms with Gasteiger partial charge < -0.3 is 14.6 Å². The fraction of sp³-hybridized carbons (Fsp3) is 0.538. The van der Waals surface area contributed by atoms with Gasteiger partial charge in [-0.2, -0.15) is 0 Å². The van der Waals surface area contributed by atoms with Gasteiger partial charge in [0.2, 0.25) is 11.8 Å². The van der Waals surface area contributed by atoms with Crippen LogP contribution in [0.5, 0.6) is 0 Å². The van der Waals surface area contributed by atoms with Crippen molar-refractivity contribution in [1.29, 1.82) is 0 Å². The van der Waals surface area contributed by atoms with Crippen molar-refractivity contribution in [3.05, 3.63) is 24.2 Å². The Morgan fingerprint density at radius 3 is 2.95 bits per heavy atom. The van der Waals surface area contributed by atoms with Gasteiger partial charge in [-0.3, -0.25) is 9.59 Å². The van der Waals surface area contributed by atoms with E-state index < -0.39 is 6.04 Å². The first-order valence-electron chi connectivity index (χ1n) is 6.35. The van der Waals surface area contributed by atoms with Gasteiger partial charge in [0.25, 0.3) is 0 Å². The third-order valence-corrected chi connectivity index (χ3v) is 4.37. The van der Waals surface area contributed by atoms with Crippen LogP contribution in [0.25, 0.3) is 0 Å². The number of nitrogens with one attached hydrogen (secondary N) is 1. The molecule has 1 fully saturated rings. The zero-order valence-electron chi connectivity index (χ0n) is 11.1. The monoisotopic (exact) mass is 282 g/mol. The van der Waals surface area contributed by atoms with Crippen molar-refractivity contribution < 1.29 is 14.0 Å². The van der Waals surface area contributed by atoms with Gasteiger partial charge in [0.05, 0.1) is 12.5 Å². The zero-order chi connectivity index (χ0) is 13.8. The van der Waals surface area contributed by atoms with E-state index in [1.807, 2.05) is 13.0 Å². The van der Waals surface area contributed by atoms with E-state index >= 15 is 0 Å². The molecule has 0 aromatic carbocycles. The summed E-state index contributed by atoms with van der Waals surface area (Å²) in [7, 11) is 0. The average molecular weight is 282 g/mol. The molecule has 0 saturated carbocycles. The highest BCUT2D eigenvalue weighted by Gasteiger charge is 2.41. The van der Waals surface area contributed by atoms with Crippen LogP contribution in [0.4, 0.5) is 0 Å². The quantitative estimate of drug-likeness (QED) is 0.914. The van der Waals surface area contributed by atoms with Crippen LogP contribution in [-0.4, -0.2) is 35.1 Å². The summed E-state index contributed by atoms with van der Waals surface area (Å²) in [5.74, 6) is 0.453. The normalized spacial score (nSPS) is 22.5. The van der Waals surface area contributed by atoms with Crippen LogP contribution < -0.4 is 5.32 Å². The number of furan rings is 1. The molecule has 5 nitrogen and oxygen atoms in total. The summed E-state index contributed by atoms with van der Waals surface area (Å²) in [4.78, 5) is 25.6. The van der Waals surface area contributed by atoms with E-state index in [4.69, 9.17) is 4.42 Å². The first kappa shape index (κ1) is 14.0. The van der Waals surface area contributed by atoms with Gasteiger partial charge in [0.15, 0.2) is 0 Å². The van der Waals surface area contributed by atoms with Gasteiger partial charge in [-0.15, -0.1) is 11.8 Å². The number of thioether (sulfide) groups is 1. The second kappa shape index (κ2) is 6.14. The van der Waals surface area contributed by atoms with Crippen molar-refractivity contribution >= 4 is 23.6 Å². The first-order valence-corrected chi connectivity index (χ1v) is 7.40. The highest BCUT2D eigenvalue weighted by atomic mass is 32.2. The van der Waals surface area contributed by atoms with Gasteiger partial charge in [-0.1, -0.05) is 6.92 Å². The summed E-state index contributed by atoms with van der Waals surface area (Å²) < 4.78 is 5.06. The molecule has 1 aromatic rings. The largest absolute Gasteiger partial charge is 0.472 e. The molecule has 0 radical (unpaired) electrons. The van der Waals surface area contributed by atoms with Crippen molar-refractivity contribution in [1.82, 2.24) is 10.2 Å². The zero-order valence-corrected chi connectivity index (χ0v) is 11.9. The molecule has 1 aliphatic heterocycles. The van der Waals surface area contributed by atoms with Crippen LogP contribution in [0.3, 0.4) is 0 Å². The minimum atomic E-state index is -0.394. The molecule has 0 bridgehead atoms. The third-order valence-electron chi connectivity index (χ3n) is 3.04. The Morgan fingerprint density at radius 2 is 2.37 bits per heavy atom. The third kappa shape index (κ3) is 2.94. The second-order valence-corrected chi connectivity index (χ2v) is 5.59. The summed E-state index contributed by atoms with van der Waals surface area (Å²) in [6, 6.07) is 1.44. The maximum absolute atomic E-state index is 12.1. The predicted octanol–water partition coefficient (Wildman–Crippen LogP) is 1.77. The van der Waals surface area contributed by atoms with Crippen molar-refractivity contribution in [3.63, 3.8) is 0 Å². The summed E-state index contributed by atoms with van der Waals surface area (Å²) >= 11 is 1.59. The van der Waals surface area contributed by atoms with Gasteiger partial charge in [-0.05, 0) is 12.5 Å². The fourth-order valence-electron chi connectivity index (χ4n) is 2.13. The van der Waals surface area contributed by atoms with E-state index in [1.165, 1.54) is 6.92 Å². The Labute approximate surface area is 116 Å². The lowest BCUT2D eigenvalue weighted by molar-refractivity contribution is -0.138. The minimum Gasteiger partial charge on any atom is -0.472 e. The number of nitrogens with zero attached hydrogens (tertiary/aromatic N) is 1. The second-order valence-electron chi connectivity index (χ2n) is 4.48. The SMILES string of the molecule is CCCNC(=O)C1CSC(c2ccoc2)N1C(C)=O. The summed E-state index contributed by atoms with van der Waals surface area (Å²) in [5, 5.41) is 2.72. The van der Waals surface area contributed by atoms with Gasteiger partial charge in [-0.25, -0.2) is 0 Å². The lowest BCUT2D eigenvalue weighted by Crippen LogP contribution is -2.47. The molecular weight excluding hydrogens is 264 g/mol. The molecule has 2 rings (SSSR count). The highest BCUT2D eigenvalue weighted by molar-refractivity contribution is 7.99. The van der Waals surface area contributed by atoms with Gasteiger partial charge in [0, 0.05) is 24.8 Å². The molecule has 1 N–H and O–H groups in total. The summed E-state index contributed by atoms with van der Waals surface area (Å²) in [6.07, 6.45) is 4.09. The maximum atomic E-state index is 12.1. The van der Waals surface area contributed by atoms with Crippen molar-refractivity contribution in [3.8, 4) is 0 Å². The Balaban J connectivity index is 2.13. The molecule has 1 aliphatic rings. The molecule has 2 unspecified atom stereocenters. The van der Waals surface area contributed by atoms with E-state index in [2.05, 4.69) is 5.32 Å². The standard InChI is InChI=1S/C13H18N2O3S/c1-3-5-14-12(17)11-8-19-13(15(11)9(2)16)10-4-6-18-7-10/h4,6-7,11,13H,3,5,8H2,1-2H3,(H,14,17). The molecule has 2 amide bonds. The lowest BCUT2D eigenvalue weighted by atomic mass is 10.2. The summed E-state index contributed by atoms with van der Waals surface area (Å²) in [6.45, 7) is 4.14. The summed E-state index contributed by atoms with van der Waals surface area (Å²) in [5.41, 5.74) is 0.922. The van der Waals surface area contributed by atoms with Gasteiger partial charge in [0.1, 0.15) is 11.4 Å². The van der Waals surface area contributed by atoms with Crippen LogP contribution in [-0.2, 0) is 9.59 Å². The number of rotatable bonds is 4. The molecule has 2 atom stereocenters. The molecule has 0 aliphatic carbocycles. The topological polar surface area (TPSA) is 62.6 Å². The molecule has 0 spiro atoms. The highest BCUT2D eigenvalue weighted by Crippen LogP contribution is 2.41. The minimum absolute atomic E-state index is 0.0736. The van der Waals surface area contributed by atoms with Crippen LogP contribution in [0.1, 0.15) is 31.2 Å². The number of carbonyl (C=O) groups excluding carboxylic acids is 2. The smallest absolute Gasteiger partial charge is 0.243 e. The molecule has 1 saturated heterocycles. The predicted molar refractivity (Wildman–Crippen MR) is 73.5 cm³/mol. The Bertz CT molecular complexity index is 447. The number of amides is 2. The first-order chi connectivity index (χ1) is 9.15. The van der Waals surface area contributed by atoms with Crippen molar-refractivity contribution in [2.75, 3.05) is 12.3 Å². The van der Waals surface area contributed by atoms with E-state index in [0.29, 0.717) is 12.3 Å². The Kier molecular flexibility index (Phi) is 4.52. The van der Waals surface area contributed by atoms with Crippen LogP contribution in [0.2, 0.25) is 0 Å². The van der Waals surface area contributed by atoms with E-state index in [-0.39, 0.29) is 17.2 Å². The molecule has 19 heavy (non-hydrogen) atoms. The van der Waals surface area contributed by atoms with Crippen LogP contribution in [0, 0.1) is 0 Å². The van der Waals surface area contributed by atoms with E-state index in [0.717, 1.165) is 12.0 Å². The van der Waals surface area contributed by atoms with Crippen LogP contribution >= 0.6 is 11.8 Å². The van der Waals surface area contributed by atoms with Crippen LogP contribution in [0.15, 0.2) is 23.0 Å². The van der Waals surface area contributed by atoms with E-state index in [1.54, 1.807) is 29.2 Å². The van der Waals surface area contributed by atoms with Crippen molar-refractivity contribution in [2.24, 2.45) is 0 Å². The molecular formula is C13H18N2O3S. The number of hydrogen-bond donors (Lipinski definition) is 1.